The Bertz CT molecular complexity index is 627. The van der Waals surface area contributed by atoms with Gasteiger partial charge in [-0.2, -0.15) is 0 Å². The summed E-state index contributed by atoms with van der Waals surface area (Å²) in [5.74, 6) is -1.92. The van der Waals surface area contributed by atoms with E-state index in [4.69, 9.17) is 38.3 Å². The molecule has 0 aromatic rings. The van der Waals surface area contributed by atoms with E-state index in [1.807, 2.05) is 0 Å². The van der Waals surface area contributed by atoms with Gasteiger partial charge < -0.3 is 38.3 Å². The van der Waals surface area contributed by atoms with Crippen LogP contribution < -0.4 is 0 Å². The first kappa shape index (κ1) is 27.6. The fourth-order valence-electron chi connectivity index (χ4n) is 2.81. The third-order valence-corrected chi connectivity index (χ3v) is 4.09. The molecular formula is C19H31NO12. The molecule has 13 nitrogen and oxygen atoms in total. The number of hydrogen-bond acceptors (Lipinski definition) is 12. The Morgan fingerprint density at radius 1 is 1.00 bits per heavy atom. The van der Waals surface area contributed by atoms with E-state index in [0.29, 0.717) is 0 Å². The molecule has 1 aliphatic rings. The molecule has 4 atom stereocenters. The van der Waals surface area contributed by atoms with Crippen LogP contribution in [0.1, 0.15) is 27.2 Å². The zero-order valence-electron chi connectivity index (χ0n) is 18.6. The van der Waals surface area contributed by atoms with Crippen LogP contribution in [-0.2, 0) is 47.5 Å². The third kappa shape index (κ3) is 10.2. The lowest BCUT2D eigenvalue weighted by Crippen LogP contribution is -2.55. The number of aliphatic hydroxyl groups excluding tert-OH is 1. The maximum atomic E-state index is 12.6. The number of carbonyl (C=O) groups is 4. The summed E-state index contributed by atoms with van der Waals surface area (Å²) in [6, 6.07) is 0. The minimum Gasteiger partial charge on any atom is -0.463 e. The van der Waals surface area contributed by atoms with Crippen molar-refractivity contribution in [2.24, 2.45) is 0 Å². The van der Waals surface area contributed by atoms with Gasteiger partial charge in [-0.05, 0) is 0 Å². The maximum absolute atomic E-state index is 12.6. The quantitative estimate of drug-likeness (QED) is 0.172. The molecule has 0 aromatic heterocycles. The smallest absolute Gasteiger partial charge is 0.414 e. The molecular weight excluding hydrogens is 434 g/mol. The third-order valence-electron chi connectivity index (χ3n) is 4.09. The molecule has 13 heteroatoms. The second-order valence-electron chi connectivity index (χ2n) is 6.77. The van der Waals surface area contributed by atoms with Crippen LogP contribution in [0.3, 0.4) is 0 Å². The number of amides is 1. The van der Waals surface area contributed by atoms with Crippen molar-refractivity contribution in [1.29, 1.82) is 0 Å². The summed E-state index contributed by atoms with van der Waals surface area (Å²) >= 11 is 0. The molecule has 0 radical (unpaired) electrons. The highest BCUT2D eigenvalue weighted by Gasteiger charge is 2.45. The normalized spacial score (nSPS) is 22.5. The van der Waals surface area contributed by atoms with Crippen LogP contribution in [0.5, 0.6) is 0 Å². The lowest BCUT2D eigenvalue weighted by molar-refractivity contribution is -0.254. The van der Waals surface area contributed by atoms with E-state index in [1.54, 1.807) is 0 Å². The fraction of sp³-hybridized carbons (Fsp3) is 0.789. The summed E-state index contributed by atoms with van der Waals surface area (Å²) in [6.45, 7) is 3.15. The number of esters is 3. The molecule has 0 aromatic carbocycles. The molecule has 1 saturated heterocycles. The first-order chi connectivity index (χ1) is 15.2. The molecule has 0 aliphatic carbocycles. The first-order valence-electron chi connectivity index (χ1n) is 9.94. The minimum absolute atomic E-state index is 0.0136. The van der Waals surface area contributed by atoms with Gasteiger partial charge in [0.1, 0.15) is 25.5 Å². The van der Waals surface area contributed by atoms with E-state index >= 15 is 0 Å². The topological polar surface area (TPSA) is 156 Å². The van der Waals surface area contributed by atoms with Crippen LogP contribution in [0.2, 0.25) is 0 Å². The van der Waals surface area contributed by atoms with Crippen molar-refractivity contribution in [3.05, 3.63) is 0 Å². The van der Waals surface area contributed by atoms with E-state index < -0.39 is 48.6 Å². The van der Waals surface area contributed by atoms with Gasteiger partial charge in [0.2, 0.25) is 6.29 Å². The Morgan fingerprint density at radius 2 is 1.69 bits per heavy atom. The summed E-state index contributed by atoms with van der Waals surface area (Å²) in [5, 5.41) is 8.84. The van der Waals surface area contributed by atoms with Gasteiger partial charge in [0, 0.05) is 34.4 Å². The van der Waals surface area contributed by atoms with Crippen molar-refractivity contribution in [3.8, 4) is 0 Å². The second kappa shape index (κ2) is 14.6. The van der Waals surface area contributed by atoms with Crippen molar-refractivity contribution < 1.29 is 57.4 Å². The molecule has 32 heavy (non-hydrogen) atoms. The Labute approximate surface area is 185 Å². The Hall–Kier alpha value is -2.48. The van der Waals surface area contributed by atoms with E-state index in [-0.39, 0.29) is 46.1 Å². The molecule has 1 heterocycles. The summed E-state index contributed by atoms with van der Waals surface area (Å²) in [7, 11) is 1.46. The standard InChI is InChI=1S/C19H31NO12/c1-12(22)28-10-16-18(30-14(3)24)15(29-13(2)23)9-17(31-16)32-19(25)20(5-7-26-4)11-27-8-6-21/h15-18,21H,5-11H2,1-4H3/t15-,16?,17+,18-/m1/s1. The molecule has 0 spiro atoms. The predicted molar refractivity (Wildman–Crippen MR) is 104 cm³/mol. The van der Waals surface area contributed by atoms with Gasteiger partial charge in [-0.25, -0.2) is 4.79 Å². The van der Waals surface area contributed by atoms with Crippen molar-refractivity contribution >= 4 is 24.0 Å². The average Bonchev–Trinajstić information content (AvgIpc) is 2.70. The van der Waals surface area contributed by atoms with Gasteiger partial charge in [0.25, 0.3) is 0 Å². The van der Waals surface area contributed by atoms with E-state index in [0.717, 1.165) is 0 Å². The Kier molecular flexibility index (Phi) is 12.5. The molecule has 0 saturated carbocycles. The summed E-state index contributed by atoms with van der Waals surface area (Å²) in [6.07, 6.45) is -5.30. The van der Waals surface area contributed by atoms with E-state index in [1.165, 1.54) is 32.8 Å². The molecule has 1 amide bonds. The van der Waals surface area contributed by atoms with E-state index in [9.17, 15) is 19.2 Å². The van der Waals surface area contributed by atoms with Gasteiger partial charge in [-0.3, -0.25) is 19.3 Å². The molecule has 1 N–H and O–H groups in total. The zero-order chi connectivity index (χ0) is 24.1. The van der Waals surface area contributed by atoms with Crippen molar-refractivity contribution in [1.82, 2.24) is 4.90 Å². The summed E-state index contributed by atoms with van der Waals surface area (Å²) < 4.78 is 36.6. The molecule has 0 bridgehead atoms. The fourth-order valence-corrected chi connectivity index (χ4v) is 2.81. The van der Waals surface area contributed by atoms with Crippen LogP contribution in [0, 0.1) is 0 Å². The number of carbonyl (C=O) groups excluding carboxylic acids is 4. The summed E-state index contributed by atoms with van der Waals surface area (Å²) in [4.78, 5) is 48.1. The molecule has 1 aliphatic heterocycles. The number of nitrogens with zero attached hydrogens (tertiary/aromatic N) is 1. The van der Waals surface area contributed by atoms with Gasteiger partial charge in [-0.1, -0.05) is 0 Å². The van der Waals surface area contributed by atoms with Gasteiger partial charge in [-0.15, -0.1) is 0 Å². The number of methoxy groups -OCH3 is 1. The maximum Gasteiger partial charge on any atom is 0.414 e. The zero-order valence-corrected chi connectivity index (χ0v) is 18.6. The van der Waals surface area contributed by atoms with Crippen LogP contribution in [0.25, 0.3) is 0 Å². The Balaban J connectivity index is 2.96. The SMILES string of the molecule is COCCN(COCCO)C(=O)O[C@H]1C[C@@H](OC(C)=O)[C@@H](OC(C)=O)C(COC(C)=O)O1. The van der Waals surface area contributed by atoms with Crippen LogP contribution in [-0.4, -0.2) is 105 Å². The van der Waals surface area contributed by atoms with Gasteiger partial charge >= 0.3 is 24.0 Å². The Morgan fingerprint density at radius 3 is 2.25 bits per heavy atom. The van der Waals surface area contributed by atoms with Crippen LogP contribution in [0.15, 0.2) is 0 Å². The number of rotatable bonds is 12. The number of ether oxygens (including phenoxy) is 7. The predicted octanol–water partition coefficient (Wildman–Crippen LogP) is -0.421. The van der Waals surface area contributed by atoms with Crippen LogP contribution >= 0.6 is 0 Å². The number of hydrogen-bond donors (Lipinski definition) is 1. The molecule has 1 fully saturated rings. The van der Waals surface area contributed by atoms with Gasteiger partial charge in [0.15, 0.2) is 6.10 Å². The monoisotopic (exact) mass is 465 g/mol. The highest BCUT2D eigenvalue weighted by molar-refractivity contribution is 5.68. The molecule has 184 valence electrons. The largest absolute Gasteiger partial charge is 0.463 e. The lowest BCUT2D eigenvalue weighted by Gasteiger charge is -2.39. The molecule has 1 rings (SSSR count). The van der Waals surface area contributed by atoms with Crippen molar-refractivity contribution in [2.75, 3.05) is 46.8 Å². The highest BCUT2D eigenvalue weighted by Crippen LogP contribution is 2.27. The van der Waals surface area contributed by atoms with E-state index in [2.05, 4.69) is 0 Å². The van der Waals surface area contributed by atoms with Crippen LogP contribution in [0.4, 0.5) is 4.79 Å². The van der Waals surface area contributed by atoms with Gasteiger partial charge in [0.05, 0.1) is 26.2 Å². The number of aliphatic hydroxyl groups is 1. The first-order valence-corrected chi connectivity index (χ1v) is 9.94. The van der Waals surface area contributed by atoms with Crippen molar-refractivity contribution in [2.45, 2.75) is 51.8 Å². The summed E-state index contributed by atoms with van der Waals surface area (Å²) in [5.41, 5.74) is 0. The highest BCUT2D eigenvalue weighted by atomic mass is 16.7. The molecule has 1 unspecified atom stereocenters. The second-order valence-corrected chi connectivity index (χ2v) is 6.77. The van der Waals surface area contributed by atoms with Crippen molar-refractivity contribution in [3.63, 3.8) is 0 Å². The lowest BCUT2D eigenvalue weighted by atomic mass is 10.0. The minimum atomic E-state index is -1.21. The average molecular weight is 465 g/mol.